The summed E-state index contributed by atoms with van der Waals surface area (Å²) in [6.07, 6.45) is 1.46. The zero-order valence-corrected chi connectivity index (χ0v) is 7.06. The van der Waals surface area contributed by atoms with Crippen LogP contribution < -0.4 is 4.72 Å². The molecule has 0 radical (unpaired) electrons. The molecule has 1 N–H and O–H groups in total. The first-order valence-corrected chi connectivity index (χ1v) is 5.01. The molecular formula is C6H10N2O2S. The van der Waals surface area contributed by atoms with Gasteiger partial charge in [-0.1, -0.05) is 0 Å². The molecule has 0 aromatic heterocycles. The first kappa shape index (κ1) is 8.50. The minimum absolute atomic E-state index is 0.238. The van der Waals surface area contributed by atoms with E-state index in [0.717, 1.165) is 12.8 Å². The lowest BCUT2D eigenvalue weighted by Crippen LogP contribution is -2.33. The predicted molar refractivity (Wildman–Crippen MR) is 40.2 cm³/mol. The zero-order valence-electron chi connectivity index (χ0n) is 6.24. The summed E-state index contributed by atoms with van der Waals surface area (Å²) in [5.41, 5.74) is 0. The van der Waals surface area contributed by atoms with Crippen molar-refractivity contribution in [1.29, 1.82) is 5.26 Å². The Morgan fingerprint density at radius 2 is 2.18 bits per heavy atom. The lowest BCUT2D eigenvalue weighted by atomic mass is 10.4. The van der Waals surface area contributed by atoms with Crippen LogP contribution in [0.2, 0.25) is 0 Å². The van der Waals surface area contributed by atoms with Gasteiger partial charge in [-0.25, -0.2) is 8.42 Å². The minimum atomic E-state index is -3.17. The van der Waals surface area contributed by atoms with E-state index in [-0.39, 0.29) is 5.25 Å². The molecule has 4 nitrogen and oxygen atoms in total. The van der Waals surface area contributed by atoms with Crippen molar-refractivity contribution in [3.8, 4) is 6.07 Å². The van der Waals surface area contributed by atoms with Crippen LogP contribution in [-0.4, -0.2) is 19.7 Å². The van der Waals surface area contributed by atoms with Crippen LogP contribution in [0, 0.1) is 11.3 Å². The second-order valence-corrected chi connectivity index (χ2v) is 4.71. The van der Waals surface area contributed by atoms with Crippen molar-refractivity contribution in [1.82, 2.24) is 4.72 Å². The van der Waals surface area contributed by atoms with Crippen LogP contribution in [-0.2, 0) is 10.0 Å². The fourth-order valence-corrected chi connectivity index (χ4v) is 2.24. The smallest absolute Gasteiger partial charge is 0.212 e. The molecule has 0 aliphatic heterocycles. The number of nitrogens with zero attached hydrogens (tertiary/aromatic N) is 1. The molecule has 11 heavy (non-hydrogen) atoms. The third kappa shape index (κ3) is 2.17. The third-order valence-electron chi connectivity index (χ3n) is 1.50. The molecule has 1 aliphatic rings. The predicted octanol–water partition coefficient (Wildman–Crippen LogP) is -0.0197. The number of rotatable bonds is 3. The molecule has 1 rings (SSSR count). The van der Waals surface area contributed by atoms with Crippen LogP contribution in [0.4, 0.5) is 0 Å². The van der Waals surface area contributed by atoms with E-state index in [1.165, 1.54) is 6.92 Å². The maximum atomic E-state index is 11.1. The monoisotopic (exact) mass is 174 g/mol. The summed E-state index contributed by atoms with van der Waals surface area (Å²) < 4.78 is 24.5. The molecule has 0 aromatic carbocycles. The summed E-state index contributed by atoms with van der Waals surface area (Å²) >= 11 is 0. The van der Waals surface area contributed by atoms with Crippen molar-refractivity contribution in [3.63, 3.8) is 0 Å². The Kier molecular flexibility index (Phi) is 2.16. The Labute approximate surface area is 66.3 Å². The molecule has 1 fully saturated rings. The number of hydrogen-bond donors (Lipinski definition) is 1. The van der Waals surface area contributed by atoms with Crippen molar-refractivity contribution in [3.05, 3.63) is 0 Å². The van der Waals surface area contributed by atoms with Gasteiger partial charge in [0, 0.05) is 0 Å². The van der Waals surface area contributed by atoms with E-state index in [0.29, 0.717) is 0 Å². The quantitative estimate of drug-likeness (QED) is 0.653. The van der Waals surface area contributed by atoms with E-state index < -0.39 is 16.1 Å². The zero-order chi connectivity index (χ0) is 8.48. The average Bonchev–Trinajstić information content (AvgIpc) is 2.66. The van der Waals surface area contributed by atoms with Gasteiger partial charge in [-0.05, 0) is 19.8 Å². The molecule has 0 unspecified atom stereocenters. The first-order chi connectivity index (χ1) is 5.06. The van der Waals surface area contributed by atoms with Gasteiger partial charge in [0.05, 0.1) is 11.3 Å². The van der Waals surface area contributed by atoms with E-state index in [9.17, 15) is 8.42 Å². The Hall–Kier alpha value is -0.600. The summed E-state index contributed by atoms with van der Waals surface area (Å²) in [6, 6.07) is 1.20. The summed E-state index contributed by atoms with van der Waals surface area (Å²) in [7, 11) is -3.17. The molecule has 1 aliphatic carbocycles. The van der Waals surface area contributed by atoms with Crippen molar-refractivity contribution >= 4 is 10.0 Å². The highest BCUT2D eigenvalue weighted by Crippen LogP contribution is 2.27. The highest BCUT2D eigenvalue weighted by molar-refractivity contribution is 7.90. The second-order valence-electron chi connectivity index (χ2n) is 2.71. The van der Waals surface area contributed by atoms with Gasteiger partial charge in [-0.2, -0.15) is 9.98 Å². The van der Waals surface area contributed by atoms with Crippen LogP contribution in [0.25, 0.3) is 0 Å². The van der Waals surface area contributed by atoms with Gasteiger partial charge in [-0.15, -0.1) is 0 Å². The lowest BCUT2D eigenvalue weighted by Gasteiger charge is -2.04. The van der Waals surface area contributed by atoms with Gasteiger partial charge in [0.2, 0.25) is 10.0 Å². The highest BCUT2D eigenvalue weighted by Gasteiger charge is 2.36. The molecule has 1 atom stereocenters. The van der Waals surface area contributed by atoms with E-state index in [1.807, 2.05) is 6.07 Å². The molecule has 0 amide bonds. The van der Waals surface area contributed by atoms with Gasteiger partial charge in [0.1, 0.15) is 6.04 Å². The molecule has 0 spiro atoms. The summed E-state index contributed by atoms with van der Waals surface area (Å²) in [4.78, 5) is 0. The number of hydrogen-bond acceptors (Lipinski definition) is 3. The van der Waals surface area contributed by atoms with Crippen LogP contribution in [0.1, 0.15) is 19.8 Å². The first-order valence-electron chi connectivity index (χ1n) is 3.47. The van der Waals surface area contributed by atoms with E-state index in [1.54, 1.807) is 0 Å². The Morgan fingerprint density at radius 1 is 1.64 bits per heavy atom. The van der Waals surface area contributed by atoms with Crippen molar-refractivity contribution in [2.75, 3.05) is 0 Å². The molecule has 1 saturated carbocycles. The molecule has 5 heteroatoms. The maximum Gasteiger partial charge on any atom is 0.215 e. The number of nitriles is 1. The van der Waals surface area contributed by atoms with Gasteiger partial charge >= 0.3 is 0 Å². The molecule has 62 valence electrons. The molecule has 0 saturated heterocycles. The van der Waals surface area contributed by atoms with Crippen molar-refractivity contribution in [2.24, 2.45) is 0 Å². The SMILES string of the molecule is C[C@H](C#N)NS(=O)(=O)C1CC1. The topological polar surface area (TPSA) is 70.0 Å². The van der Waals surface area contributed by atoms with Crippen molar-refractivity contribution < 1.29 is 8.42 Å². The van der Waals surface area contributed by atoms with Crippen LogP contribution in [0.3, 0.4) is 0 Å². The minimum Gasteiger partial charge on any atom is -0.212 e. The number of nitrogens with one attached hydrogen (secondary N) is 1. The Balaban J connectivity index is 2.54. The fraction of sp³-hybridized carbons (Fsp3) is 0.833. The average molecular weight is 174 g/mol. The number of sulfonamides is 1. The van der Waals surface area contributed by atoms with E-state index in [4.69, 9.17) is 5.26 Å². The Morgan fingerprint density at radius 3 is 2.55 bits per heavy atom. The molecule has 0 aromatic rings. The largest absolute Gasteiger partial charge is 0.215 e. The van der Waals surface area contributed by atoms with Crippen LogP contribution >= 0.6 is 0 Å². The second kappa shape index (κ2) is 2.80. The lowest BCUT2D eigenvalue weighted by molar-refractivity contribution is 0.575. The van der Waals surface area contributed by atoms with Crippen LogP contribution in [0.15, 0.2) is 0 Å². The fourth-order valence-electron chi connectivity index (χ4n) is 0.747. The summed E-state index contributed by atoms with van der Waals surface area (Å²) in [5.74, 6) is 0. The molecule has 0 heterocycles. The normalized spacial score (nSPS) is 20.7. The van der Waals surface area contributed by atoms with Gasteiger partial charge < -0.3 is 0 Å². The van der Waals surface area contributed by atoms with Gasteiger partial charge in [-0.3, -0.25) is 0 Å². The molecule has 0 bridgehead atoms. The summed E-state index contributed by atoms with van der Waals surface area (Å²) in [6.45, 7) is 1.53. The Bertz CT molecular complexity index is 273. The van der Waals surface area contributed by atoms with E-state index in [2.05, 4.69) is 4.72 Å². The summed E-state index contributed by atoms with van der Waals surface area (Å²) in [5, 5.41) is 8.09. The third-order valence-corrected chi connectivity index (χ3v) is 3.53. The van der Waals surface area contributed by atoms with Crippen LogP contribution in [0.5, 0.6) is 0 Å². The van der Waals surface area contributed by atoms with E-state index >= 15 is 0 Å². The van der Waals surface area contributed by atoms with Gasteiger partial charge in [0.25, 0.3) is 0 Å². The maximum absolute atomic E-state index is 11.1. The highest BCUT2D eigenvalue weighted by atomic mass is 32.2. The van der Waals surface area contributed by atoms with Gasteiger partial charge in [0.15, 0.2) is 0 Å². The van der Waals surface area contributed by atoms with Crippen molar-refractivity contribution in [2.45, 2.75) is 31.1 Å². The standard InChI is InChI=1S/C6H10N2O2S/c1-5(4-7)8-11(9,10)6-2-3-6/h5-6,8H,2-3H2,1H3/t5-/m1/s1. The molecular weight excluding hydrogens is 164 g/mol.